The summed E-state index contributed by atoms with van der Waals surface area (Å²) in [6.45, 7) is 3.16. The third kappa shape index (κ3) is 3.33. The van der Waals surface area contributed by atoms with Gasteiger partial charge in [0.15, 0.2) is 0 Å². The monoisotopic (exact) mass is 292 g/mol. The standard InChI is InChI=1S/C15H20N2O2S/c1-3-7-16-15(19)11-8-14(18)17(10-11)12-5-4-6-13(9-12)20-2/h4-6,9,11H,3,7-8,10H2,1-2H3,(H,16,19). The molecule has 1 aliphatic rings. The van der Waals surface area contributed by atoms with Gasteiger partial charge in [-0.05, 0) is 30.9 Å². The minimum absolute atomic E-state index is 0.0104. The van der Waals surface area contributed by atoms with Gasteiger partial charge in [0.2, 0.25) is 11.8 Å². The first-order valence-corrected chi connectivity index (χ1v) is 8.10. The molecule has 4 nitrogen and oxygen atoms in total. The van der Waals surface area contributed by atoms with Crippen molar-refractivity contribution in [1.82, 2.24) is 5.32 Å². The molecule has 2 rings (SSSR count). The minimum Gasteiger partial charge on any atom is -0.356 e. The summed E-state index contributed by atoms with van der Waals surface area (Å²) in [7, 11) is 0. The van der Waals surface area contributed by atoms with Crippen LogP contribution < -0.4 is 10.2 Å². The van der Waals surface area contributed by atoms with Crippen molar-refractivity contribution in [2.75, 3.05) is 24.2 Å². The Labute approximate surface area is 123 Å². The predicted octanol–water partition coefficient (Wildman–Crippen LogP) is 2.29. The maximum absolute atomic E-state index is 12.1. The van der Waals surface area contributed by atoms with Crippen LogP contribution in [0.5, 0.6) is 0 Å². The lowest BCUT2D eigenvalue weighted by Gasteiger charge is -2.17. The lowest BCUT2D eigenvalue weighted by atomic mass is 10.1. The number of rotatable bonds is 5. The molecule has 108 valence electrons. The summed E-state index contributed by atoms with van der Waals surface area (Å²) in [6.07, 6.45) is 3.22. The highest BCUT2D eigenvalue weighted by Gasteiger charge is 2.34. The first-order chi connectivity index (χ1) is 9.65. The summed E-state index contributed by atoms with van der Waals surface area (Å²) in [5.74, 6) is -0.212. The molecule has 1 atom stereocenters. The Balaban J connectivity index is 2.07. The smallest absolute Gasteiger partial charge is 0.227 e. The fourth-order valence-corrected chi connectivity index (χ4v) is 2.76. The highest BCUT2D eigenvalue weighted by molar-refractivity contribution is 7.98. The van der Waals surface area contributed by atoms with E-state index in [1.54, 1.807) is 16.7 Å². The van der Waals surface area contributed by atoms with Crippen molar-refractivity contribution in [3.8, 4) is 0 Å². The Kier molecular flexibility index (Phi) is 5.06. The van der Waals surface area contributed by atoms with E-state index in [4.69, 9.17) is 0 Å². The third-order valence-electron chi connectivity index (χ3n) is 3.41. The van der Waals surface area contributed by atoms with Crippen LogP contribution in [-0.2, 0) is 9.59 Å². The normalized spacial score (nSPS) is 18.4. The van der Waals surface area contributed by atoms with Crippen LogP contribution in [0.1, 0.15) is 19.8 Å². The van der Waals surface area contributed by atoms with Gasteiger partial charge < -0.3 is 10.2 Å². The minimum atomic E-state index is -0.230. The molecule has 0 aromatic heterocycles. The number of amides is 2. The molecule has 1 aliphatic heterocycles. The summed E-state index contributed by atoms with van der Waals surface area (Å²) < 4.78 is 0. The van der Waals surface area contributed by atoms with E-state index in [0.717, 1.165) is 17.0 Å². The van der Waals surface area contributed by atoms with Gasteiger partial charge in [0, 0.05) is 30.1 Å². The molecule has 1 aromatic rings. The van der Waals surface area contributed by atoms with E-state index in [-0.39, 0.29) is 17.7 Å². The molecule has 0 radical (unpaired) electrons. The molecule has 0 saturated carbocycles. The zero-order chi connectivity index (χ0) is 14.5. The van der Waals surface area contributed by atoms with Crippen LogP contribution in [0.25, 0.3) is 0 Å². The number of nitrogens with zero attached hydrogens (tertiary/aromatic N) is 1. The quantitative estimate of drug-likeness (QED) is 0.847. The molecule has 1 fully saturated rings. The maximum atomic E-state index is 12.1. The van der Waals surface area contributed by atoms with Gasteiger partial charge in [0.1, 0.15) is 0 Å². The first kappa shape index (κ1) is 14.9. The van der Waals surface area contributed by atoms with Gasteiger partial charge in [-0.3, -0.25) is 9.59 Å². The van der Waals surface area contributed by atoms with Crippen molar-refractivity contribution in [2.45, 2.75) is 24.7 Å². The first-order valence-electron chi connectivity index (χ1n) is 6.87. The molecule has 1 saturated heterocycles. The maximum Gasteiger partial charge on any atom is 0.227 e. The van der Waals surface area contributed by atoms with Crippen LogP contribution in [0.3, 0.4) is 0 Å². The van der Waals surface area contributed by atoms with Crippen molar-refractivity contribution in [3.05, 3.63) is 24.3 Å². The molecule has 0 spiro atoms. The van der Waals surface area contributed by atoms with E-state index in [1.807, 2.05) is 37.4 Å². The van der Waals surface area contributed by atoms with Gasteiger partial charge in [0.05, 0.1) is 5.92 Å². The highest BCUT2D eigenvalue weighted by Crippen LogP contribution is 2.28. The molecule has 1 N–H and O–H groups in total. The molecule has 0 aliphatic carbocycles. The van der Waals surface area contributed by atoms with Crippen LogP contribution >= 0.6 is 11.8 Å². The van der Waals surface area contributed by atoms with E-state index < -0.39 is 0 Å². The largest absolute Gasteiger partial charge is 0.356 e. The molecule has 1 aromatic carbocycles. The molecule has 0 bridgehead atoms. The number of hydrogen-bond acceptors (Lipinski definition) is 3. The SMILES string of the molecule is CCCNC(=O)C1CC(=O)N(c2cccc(SC)c2)C1. The van der Waals surface area contributed by atoms with Crippen LogP contribution in [0, 0.1) is 5.92 Å². The van der Waals surface area contributed by atoms with E-state index in [0.29, 0.717) is 19.5 Å². The van der Waals surface area contributed by atoms with Gasteiger partial charge in [-0.25, -0.2) is 0 Å². The second kappa shape index (κ2) is 6.79. The van der Waals surface area contributed by atoms with Crippen LogP contribution in [0.15, 0.2) is 29.2 Å². The topological polar surface area (TPSA) is 49.4 Å². The van der Waals surface area contributed by atoms with Crippen molar-refractivity contribution in [2.24, 2.45) is 5.92 Å². The van der Waals surface area contributed by atoms with E-state index in [1.165, 1.54) is 0 Å². The fourth-order valence-electron chi connectivity index (χ4n) is 2.30. The second-order valence-electron chi connectivity index (χ2n) is 4.90. The molecule has 2 amide bonds. The Hall–Kier alpha value is -1.49. The third-order valence-corrected chi connectivity index (χ3v) is 4.14. The number of carbonyl (C=O) groups excluding carboxylic acids is 2. The number of anilines is 1. The highest BCUT2D eigenvalue weighted by atomic mass is 32.2. The number of nitrogens with one attached hydrogen (secondary N) is 1. The summed E-state index contributed by atoms with van der Waals surface area (Å²) in [6, 6.07) is 7.87. The van der Waals surface area contributed by atoms with Gasteiger partial charge in [-0.15, -0.1) is 11.8 Å². The van der Waals surface area contributed by atoms with E-state index >= 15 is 0 Å². The lowest BCUT2D eigenvalue weighted by molar-refractivity contribution is -0.126. The van der Waals surface area contributed by atoms with Crippen molar-refractivity contribution in [1.29, 1.82) is 0 Å². The molecular weight excluding hydrogens is 272 g/mol. The lowest BCUT2D eigenvalue weighted by Crippen LogP contribution is -2.33. The van der Waals surface area contributed by atoms with Crippen molar-refractivity contribution < 1.29 is 9.59 Å². The summed E-state index contributed by atoms with van der Waals surface area (Å²) >= 11 is 1.64. The van der Waals surface area contributed by atoms with Crippen LogP contribution in [0.2, 0.25) is 0 Å². The van der Waals surface area contributed by atoms with Gasteiger partial charge in [-0.1, -0.05) is 13.0 Å². The second-order valence-corrected chi connectivity index (χ2v) is 5.78. The molecule has 1 unspecified atom stereocenters. The number of benzene rings is 1. The van der Waals surface area contributed by atoms with Crippen LogP contribution in [0.4, 0.5) is 5.69 Å². The van der Waals surface area contributed by atoms with Gasteiger partial charge in [0.25, 0.3) is 0 Å². The molecule has 1 heterocycles. The Morgan fingerprint density at radius 2 is 2.30 bits per heavy atom. The average molecular weight is 292 g/mol. The van der Waals surface area contributed by atoms with Gasteiger partial charge in [-0.2, -0.15) is 0 Å². The summed E-state index contributed by atoms with van der Waals surface area (Å²) in [4.78, 5) is 26.9. The Morgan fingerprint density at radius 1 is 1.50 bits per heavy atom. The molecular formula is C15H20N2O2S. The number of hydrogen-bond donors (Lipinski definition) is 1. The van der Waals surface area contributed by atoms with Crippen molar-refractivity contribution >= 4 is 29.3 Å². The van der Waals surface area contributed by atoms with E-state index in [2.05, 4.69) is 5.32 Å². The number of thioether (sulfide) groups is 1. The zero-order valence-corrected chi connectivity index (χ0v) is 12.7. The van der Waals surface area contributed by atoms with Gasteiger partial charge >= 0.3 is 0 Å². The number of carbonyl (C=O) groups is 2. The molecule has 5 heteroatoms. The van der Waals surface area contributed by atoms with Crippen molar-refractivity contribution in [3.63, 3.8) is 0 Å². The summed E-state index contributed by atoms with van der Waals surface area (Å²) in [5.41, 5.74) is 0.882. The Morgan fingerprint density at radius 3 is 3.00 bits per heavy atom. The predicted molar refractivity (Wildman–Crippen MR) is 82.0 cm³/mol. The van der Waals surface area contributed by atoms with E-state index in [9.17, 15) is 9.59 Å². The van der Waals surface area contributed by atoms with Crippen LogP contribution in [-0.4, -0.2) is 31.2 Å². The summed E-state index contributed by atoms with van der Waals surface area (Å²) in [5, 5.41) is 2.87. The Bertz CT molecular complexity index is 504. The fraction of sp³-hybridized carbons (Fsp3) is 0.467. The zero-order valence-electron chi connectivity index (χ0n) is 11.9. The molecule has 20 heavy (non-hydrogen) atoms. The average Bonchev–Trinajstić information content (AvgIpc) is 2.87.